The molecule has 16 heavy (non-hydrogen) atoms. The second-order valence-electron chi connectivity index (χ2n) is 2.95. The molecule has 1 aromatic heterocycles. The first kappa shape index (κ1) is 14.4. The molecule has 0 fully saturated rings. The van der Waals surface area contributed by atoms with Crippen LogP contribution < -0.4 is 5.73 Å². The third kappa shape index (κ3) is 3.15. The van der Waals surface area contributed by atoms with Gasteiger partial charge in [0.2, 0.25) is 0 Å². The second kappa shape index (κ2) is 6.28. The van der Waals surface area contributed by atoms with E-state index in [9.17, 15) is 4.57 Å². The molecule has 0 aliphatic rings. The summed E-state index contributed by atoms with van der Waals surface area (Å²) >= 11 is 4.79. The summed E-state index contributed by atoms with van der Waals surface area (Å²) in [6.07, 6.45) is 0. The second-order valence-corrected chi connectivity index (χ2v) is 6.91. The van der Waals surface area contributed by atoms with Crippen LogP contribution in [0.15, 0.2) is 15.9 Å². The Hall–Kier alpha value is 0.290. The Bertz CT molecular complexity index is 375. The van der Waals surface area contributed by atoms with Gasteiger partial charge in [0, 0.05) is 9.35 Å². The van der Waals surface area contributed by atoms with E-state index >= 15 is 0 Å². The third-order valence-electron chi connectivity index (χ3n) is 1.87. The predicted octanol–water partition coefficient (Wildman–Crippen LogP) is 3.73. The summed E-state index contributed by atoms with van der Waals surface area (Å²) < 4.78 is 23.6. The standard InChI is InChI=1S/C9H15BrNO3PS/c1-3-13-15(12,14-4-2)9(11)8-7(10)5-6-16-8/h5-6,9H,3-4,11H2,1-2H3/t9-/m0/s1. The summed E-state index contributed by atoms with van der Waals surface area (Å²) in [4.78, 5) is 0.783. The van der Waals surface area contributed by atoms with E-state index in [0.717, 1.165) is 9.35 Å². The van der Waals surface area contributed by atoms with Crippen LogP contribution in [-0.4, -0.2) is 13.2 Å². The number of rotatable bonds is 6. The summed E-state index contributed by atoms with van der Waals surface area (Å²) in [5.74, 6) is -0.734. The van der Waals surface area contributed by atoms with E-state index in [2.05, 4.69) is 15.9 Å². The Kier molecular flexibility index (Phi) is 5.64. The van der Waals surface area contributed by atoms with Crippen LogP contribution in [0.5, 0.6) is 0 Å². The molecule has 92 valence electrons. The van der Waals surface area contributed by atoms with Crippen molar-refractivity contribution >= 4 is 34.9 Å². The summed E-state index contributed by atoms with van der Waals surface area (Å²) in [6.45, 7) is 4.16. The fourth-order valence-electron chi connectivity index (χ4n) is 1.22. The molecule has 0 saturated heterocycles. The van der Waals surface area contributed by atoms with Crippen molar-refractivity contribution in [2.45, 2.75) is 19.6 Å². The van der Waals surface area contributed by atoms with E-state index in [-0.39, 0.29) is 0 Å². The molecule has 1 rings (SSSR count). The van der Waals surface area contributed by atoms with E-state index in [4.69, 9.17) is 14.8 Å². The molecule has 0 aromatic carbocycles. The van der Waals surface area contributed by atoms with E-state index < -0.39 is 13.4 Å². The van der Waals surface area contributed by atoms with Crippen LogP contribution >= 0.6 is 34.9 Å². The Morgan fingerprint density at radius 1 is 1.50 bits per heavy atom. The lowest BCUT2D eigenvalue weighted by Crippen LogP contribution is -2.14. The van der Waals surface area contributed by atoms with Gasteiger partial charge in [0.25, 0.3) is 0 Å². The smallest absolute Gasteiger partial charge is 0.313 e. The Balaban J connectivity index is 2.95. The maximum absolute atomic E-state index is 12.4. The molecular weight excluding hydrogens is 313 g/mol. The van der Waals surface area contributed by atoms with E-state index in [1.807, 2.05) is 11.4 Å². The minimum Gasteiger partial charge on any atom is -0.313 e. The van der Waals surface area contributed by atoms with Gasteiger partial charge < -0.3 is 14.8 Å². The number of thiophene rings is 1. The van der Waals surface area contributed by atoms with Crippen molar-refractivity contribution in [3.8, 4) is 0 Å². The van der Waals surface area contributed by atoms with Crippen molar-refractivity contribution in [2.24, 2.45) is 5.73 Å². The van der Waals surface area contributed by atoms with Gasteiger partial charge in [-0.2, -0.15) is 0 Å². The fraction of sp³-hybridized carbons (Fsp3) is 0.556. The van der Waals surface area contributed by atoms with Crippen LogP contribution in [0.2, 0.25) is 0 Å². The molecule has 0 unspecified atom stereocenters. The lowest BCUT2D eigenvalue weighted by molar-refractivity contribution is 0.212. The van der Waals surface area contributed by atoms with E-state index in [0.29, 0.717) is 13.2 Å². The highest BCUT2D eigenvalue weighted by Crippen LogP contribution is 2.59. The minimum atomic E-state index is -3.27. The maximum atomic E-state index is 12.4. The highest BCUT2D eigenvalue weighted by Gasteiger charge is 2.35. The van der Waals surface area contributed by atoms with Crippen molar-refractivity contribution in [3.05, 3.63) is 20.8 Å². The SMILES string of the molecule is CCOP(=O)(OCC)[C@H](N)c1sccc1Br. The molecule has 0 aliphatic carbocycles. The van der Waals surface area contributed by atoms with Crippen molar-refractivity contribution in [2.75, 3.05) is 13.2 Å². The Morgan fingerprint density at radius 2 is 2.06 bits per heavy atom. The molecule has 0 saturated carbocycles. The quantitative estimate of drug-likeness (QED) is 0.808. The third-order valence-corrected chi connectivity index (χ3v) is 6.18. The molecule has 0 amide bonds. The van der Waals surface area contributed by atoms with Gasteiger partial charge >= 0.3 is 7.60 Å². The van der Waals surface area contributed by atoms with Crippen LogP contribution in [0.4, 0.5) is 0 Å². The molecule has 7 heteroatoms. The molecule has 0 bridgehead atoms. The molecule has 4 nitrogen and oxygen atoms in total. The Labute approximate surface area is 108 Å². The fourth-order valence-corrected chi connectivity index (χ4v) is 5.01. The predicted molar refractivity (Wildman–Crippen MR) is 69.8 cm³/mol. The zero-order chi connectivity index (χ0) is 12.2. The average molecular weight is 328 g/mol. The van der Waals surface area contributed by atoms with Crippen molar-refractivity contribution in [1.29, 1.82) is 0 Å². The van der Waals surface area contributed by atoms with Gasteiger partial charge in [-0.3, -0.25) is 4.57 Å². The molecule has 0 spiro atoms. The topological polar surface area (TPSA) is 61.5 Å². The van der Waals surface area contributed by atoms with Gasteiger partial charge in [0.1, 0.15) is 5.78 Å². The number of halogens is 1. The first-order chi connectivity index (χ1) is 7.55. The molecule has 0 radical (unpaired) electrons. The average Bonchev–Trinajstić information content (AvgIpc) is 2.64. The summed E-state index contributed by atoms with van der Waals surface area (Å²) in [5, 5.41) is 1.88. The van der Waals surface area contributed by atoms with Crippen LogP contribution in [0.25, 0.3) is 0 Å². The number of nitrogens with two attached hydrogens (primary N) is 1. The Morgan fingerprint density at radius 3 is 2.44 bits per heavy atom. The first-order valence-electron chi connectivity index (χ1n) is 4.92. The lowest BCUT2D eigenvalue weighted by atomic mass is 10.5. The van der Waals surface area contributed by atoms with Gasteiger partial charge in [0.05, 0.1) is 13.2 Å². The van der Waals surface area contributed by atoms with Gasteiger partial charge in [-0.1, -0.05) is 0 Å². The van der Waals surface area contributed by atoms with Crippen molar-refractivity contribution < 1.29 is 13.6 Å². The van der Waals surface area contributed by atoms with Gasteiger partial charge in [-0.15, -0.1) is 11.3 Å². The number of hydrogen-bond acceptors (Lipinski definition) is 5. The van der Waals surface area contributed by atoms with E-state index in [1.54, 1.807) is 13.8 Å². The highest BCUT2D eigenvalue weighted by atomic mass is 79.9. The van der Waals surface area contributed by atoms with Gasteiger partial charge in [0.15, 0.2) is 0 Å². The largest absolute Gasteiger partial charge is 0.352 e. The zero-order valence-electron chi connectivity index (χ0n) is 9.18. The van der Waals surface area contributed by atoms with Gasteiger partial charge in [-0.05, 0) is 41.2 Å². The molecule has 1 atom stereocenters. The van der Waals surface area contributed by atoms with Crippen molar-refractivity contribution in [3.63, 3.8) is 0 Å². The van der Waals surface area contributed by atoms with E-state index in [1.165, 1.54) is 11.3 Å². The first-order valence-corrected chi connectivity index (χ1v) is 8.20. The maximum Gasteiger partial charge on any atom is 0.352 e. The van der Waals surface area contributed by atoms with Crippen LogP contribution in [0.1, 0.15) is 24.5 Å². The normalized spacial score (nSPS) is 14.0. The summed E-state index contributed by atoms with van der Waals surface area (Å²) in [6, 6.07) is 1.86. The highest BCUT2D eigenvalue weighted by molar-refractivity contribution is 9.10. The van der Waals surface area contributed by atoms with Crippen LogP contribution in [0.3, 0.4) is 0 Å². The molecule has 2 N–H and O–H groups in total. The lowest BCUT2D eigenvalue weighted by Gasteiger charge is -2.22. The van der Waals surface area contributed by atoms with Crippen molar-refractivity contribution in [1.82, 2.24) is 0 Å². The number of hydrogen-bond donors (Lipinski definition) is 1. The zero-order valence-corrected chi connectivity index (χ0v) is 12.5. The van der Waals surface area contributed by atoms with Crippen LogP contribution in [-0.2, 0) is 13.6 Å². The molecule has 1 heterocycles. The summed E-state index contributed by atoms with van der Waals surface area (Å²) in [7, 11) is -3.27. The van der Waals surface area contributed by atoms with Crippen LogP contribution in [0, 0.1) is 0 Å². The monoisotopic (exact) mass is 327 g/mol. The minimum absolute atomic E-state index is 0.313. The van der Waals surface area contributed by atoms with Gasteiger partial charge in [-0.25, -0.2) is 0 Å². The summed E-state index contributed by atoms with van der Waals surface area (Å²) in [5.41, 5.74) is 5.96. The molecule has 1 aromatic rings. The molecule has 0 aliphatic heterocycles. The molecular formula is C9H15BrNO3PS.